The van der Waals surface area contributed by atoms with Gasteiger partial charge in [0.25, 0.3) is 0 Å². The molecule has 0 heterocycles. The Hall–Kier alpha value is -2.19. The summed E-state index contributed by atoms with van der Waals surface area (Å²) in [5, 5.41) is 13.2. The third kappa shape index (κ3) is 5.98. The number of rotatable bonds is 7. The van der Waals surface area contributed by atoms with Gasteiger partial charge in [-0.15, -0.1) is 0 Å². The van der Waals surface area contributed by atoms with Crippen molar-refractivity contribution >= 4 is 23.0 Å². The average molecular weight is 450 g/mol. The Labute approximate surface area is 193 Å². The summed E-state index contributed by atoms with van der Waals surface area (Å²) in [5.74, 6) is 0. The average Bonchev–Trinajstić information content (AvgIpc) is 2.76. The normalized spacial score (nSPS) is 12.7. The molecule has 0 unspecified atom stereocenters. The van der Waals surface area contributed by atoms with E-state index < -0.39 is 7.05 Å². The summed E-state index contributed by atoms with van der Waals surface area (Å²) in [6.07, 6.45) is 0. The van der Waals surface area contributed by atoms with E-state index in [0.29, 0.717) is 13.2 Å². The highest BCUT2D eigenvalue weighted by Gasteiger charge is 2.30. The molecule has 1 N–H and O–H groups in total. The molecular formula is C28H36NO2P. The second-order valence-electron chi connectivity index (χ2n) is 10.1. The monoisotopic (exact) mass is 449 g/mol. The van der Waals surface area contributed by atoms with E-state index in [1.807, 2.05) is 36.4 Å². The minimum atomic E-state index is -2.68. The molecule has 0 aliphatic carbocycles. The fourth-order valence-electron chi connectivity index (χ4n) is 3.61. The van der Waals surface area contributed by atoms with Crippen molar-refractivity contribution in [2.45, 2.75) is 66.0 Å². The quantitative estimate of drug-likeness (QED) is 0.426. The van der Waals surface area contributed by atoms with Gasteiger partial charge in [0, 0.05) is 5.30 Å². The predicted octanol–water partition coefficient (Wildman–Crippen LogP) is 6.37. The molecule has 3 aromatic rings. The molecule has 0 aliphatic heterocycles. The Morgan fingerprint density at radius 3 is 1.31 bits per heavy atom. The summed E-state index contributed by atoms with van der Waals surface area (Å²) in [4.78, 5) is 0. The lowest BCUT2D eigenvalue weighted by Crippen LogP contribution is -2.32. The summed E-state index contributed by atoms with van der Waals surface area (Å²) >= 11 is 0. The second-order valence-corrected chi connectivity index (χ2v) is 12.9. The van der Waals surface area contributed by atoms with Crippen LogP contribution in [-0.4, -0.2) is 11.2 Å². The van der Waals surface area contributed by atoms with Crippen molar-refractivity contribution in [3.05, 3.63) is 90.0 Å². The van der Waals surface area contributed by atoms with Crippen LogP contribution in [0, 0.1) is 5.16 Å². The highest BCUT2D eigenvalue weighted by molar-refractivity contribution is 7.86. The van der Waals surface area contributed by atoms with Crippen LogP contribution in [-0.2, 0) is 22.7 Å². The number of benzene rings is 3. The summed E-state index contributed by atoms with van der Waals surface area (Å²) in [7, 11) is -2.68. The molecule has 0 bridgehead atoms. The zero-order valence-electron chi connectivity index (χ0n) is 20.2. The number of ether oxygens (including phenoxy) is 2. The minimum absolute atomic E-state index is 0.266. The van der Waals surface area contributed by atoms with Crippen LogP contribution in [0.25, 0.3) is 0 Å². The van der Waals surface area contributed by atoms with Gasteiger partial charge in [-0.2, -0.15) is 0 Å². The number of hydrogen-bond acceptors (Lipinski definition) is 3. The molecule has 0 radical (unpaired) electrons. The minimum Gasteiger partial charge on any atom is -0.371 e. The van der Waals surface area contributed by atoms with Crippen molar-refractivity contribution in [1.82, 2.24) is 0 Å². The molecule has 0 saturated heterocycles. The molecule has 3 nitrogen and oxygen atoms in total. The first-order valence-corrected chi connectivity index (χ1v) is 12.9. The van der Waals surface area contributed by atoms with Crippen molar-refractivity contribution in [2.75, 3.05) is 0 Å². The van der Waals surface area contributed by atoms with E-state index in [1.54, 1.807) is 0 Å². The van der Waals surface area contributed by atoms with Crippen LogP contribution in [0.1, 0.15) is 52.7 Å². The van der Waals surface area contributed by atoms with E-state index in [1.165, 1.54) is 0 Å². The fraction of sp³-hybridized carbons (Fsp3) is 0.357. The van der Waals surface area contributed by atoms with E-state index in [9.17, 15) is 5.16 Å². The maximum absolute atomic E-state index is 10.1. The number of hydrogen-bond donors (Lipinski definition) is 1. The van der Waals surface area contributed by atoms with Gasteiger partial charge in [0.05, 0.1) is 31.5 Å². The Bertz CT molecular complexity index is 984. The first-order valence-electron chi connectivity index (χ1n) is 11.2. The lowest BCUT2D eigenvalue weighted by molar-refractivity contribution is -0.0164. The first-order chi connectivity index (χ1) is 15.0. The molecule has 170 valence electrons. The summed E-state index contributed by atoms with van der Waals surface area (Å²) in [5.41, 5.74) is 1.59. The molecule has 3 aromatic carbocycles. The smallest absolute Gasteiger partial charge is 0.0731 e. The van der Waals surface area contributed by atoms with Gasteiger partial charge < -0.3 is 14.6 Å². The van der Waals surface area contributed by atoms with Crippen molar-refractivity contribution in [1.29, 1.82) is 5.16 Å². The van der Waals surface area contributed by atoms with Crippen LogP contribution >= 0.6 is 7.05 Å². The van der Waals surface area contributed by atoms with E-state index in [2.05, 4.69) is 84.0 Å². The van der Waals surface area contributed by atoms with Gasteiger partial charge in [-0.25, -0.2) is 0 Å². The summed E-state index contributed by atoms with van der Waals surface area (Å²) < 4.78 is 12.4. The van der Waals surface area contributed by atoms with Crippen molar-refractivity contribution in [2.24, 2.45) is 0 Å². The molecule has 0 fully saturated rings. The second kappa shape index (κ2) is 9.75. The number of nitrogens with one attached hydrogen (secondary N) is 1. The van der Waals surface area contributed by atoms with E-state index in [4.69, 9.17) is 9.47 Å². The van der Waals surface area contributed by atoms with Crippen molar-refractivity contribution in [3.63, 3.8) is 0 Å². The maximum atomic E-state index is 10.1. The molecule has 32 heavy (non-hydrogen) atoms. The zero-order valence-corrected chi connectivity index (χ0v) is 21.1. The first kappa shape index (κ1) is 24.5. The van der Waals surface area contributed by atoms with Gasteiger partial charge in [0.2, 0.25) is 0 Å². The maximum Gasteiger partial charge on any atom is 0.0731 e. The van der Waals surface area contributed by atoms with Gasteiger partial charge in [0.1, 0.15) is 0 Å². The highest BCUT2D eigenvalue weighted by atomic mass is 31.2. The summed E-state index contributed by atoms with van der Waals surface area (Å²) in [6, 6.07) is 26.8. The molecule has 3 rings (SSSR count). The molecule has 0 aliphatic rings. The Morgan fingerprint density at radius 2 is 0.969 bits per heavy atom. The predicted molar refractivity (Wildman–Crippen MR) is 137 cm³/mol. The van der Waals surface area contributed by atoms with Crippen LogP contribution in [0.15, 0.2) is 78.9 Å². The Morgan fingerprint density at radius 1 is 0.594 bits per heavy atom. The SMILES string of the molecule is CC(C)(C)OCc1cccc(COC(C)(C)C)c1P(=N)(c1ccccc1)c1ccccc1. The van der Waals surface area contributed by atoms with Gasteiger partial charge in [-0.3, -0.25) is 0 Å². The summed E-state index contributed by atoms with van der Waals surface area (Å²) in [6.45, 7) is 13.3. The lowest BCUT2D eigenvalue weighted by atomic mass is 10.1. The molecule has 0 atom stereocenters. The molecule has 0 saturated carbocycles. The van der Waals surface area contributed by atoms with Crippen LogP contribution in [0.5, 0.6) is 0 Å². The van der Waals surface area contributed by atoms with Crippen LogP contribution < -0.4 is 15.9 Å². The van der Waals surface area contributed by atoms with Crippen molar-refractivity contribution in [3.8, 4) is 0 Å². The van der Waals surface area contributed by atoms with Crippen LogP contribution in [0.3, 0.4) is 0 Å². The topological polar surface area (TPSA) is 42.3 Å². The molecular weight excluding hydrogens is 413 g/mol. The van der Waals surface area contributed by atoms with E-state index in [0.717, 1.165) is 27.0 Å². The van der Waals surface area contributed by atoms with Gasteiger partial charge >= 0.3 is 0 Å². The molecule has 0 amide bonds. The molecule has 0 aromatic heterocycles. The van der Waals surface area contributed by atoms with Crippen LogP contribution in [0.2, 0.25) is 0 Å². The standard InChI is InChI=1S/C28H36NO2P/c1-27(2,3)30-20-22-14-13-15-23(21-31-28(4,5)6)26(22)32(29,24-16-9-7-10-17-24)25-18-11-8-12-19-25/h7-19,29H,20-21H2,1-6H3. The largest absolute Gasteiger partial charge is 0.371 e. The molecule has 4 heteroatoms. The van der Waals surface area contributed by atoms with Crippen molar-refractivity contribution < 1.29 is 9.47 Å². The Balaban J connectivity index is 2.27. The highest BCUT2D eigenvalue weighted by Crippen LogP contribution is 2.45. The third-order valence-electron chi connectivity index (χ3n) is 5.15. The van der Waals surface area contributed by atoms with E-state index >= 15 is 0 Å². The fourth-order valence-corrected chi connectivity index (χ4v) is 6.80. The van der Waals surface area contributed by atoms with E-state index in [-0.39, 0.29) is 11.2 Å². The third-order valence-corrected chi connectivity index (χ3v) is 8.54. The van der Waals surface area contributed by atoms with Gasteiger partial charge in [-0.05, 0) is 63.3 Å². The van der Waals surface area contributed by atoms with Gasteiger partial charge in [-0.1, -0.05) is 78.9 Å². The molecule has 0 spiro atoms. The Kier molecular flexibility index (Phi) is 7.45. The van der Waals surface area contributed by atoms with Gasteiger partial charge in [0.15, 0.2) is 0 Å². The lowest BCUT2D eigenvalue weighted by Gasteiger charge is -2.31. The van der Waals surface area contributed by atoms with Crippen LogP contribution in [0.4, 0.5) is 0 Å². The zero-order chi connectivity index (χ0) is 23.4.